The van der Waals surface area contributed by atoms with E-state index in [0.29, 0.717) is 5.56 Å². The van der Waals surface area contributed by atoms with Crippen LogP contribution in [0, 0.1) is 50.4 Å². The molecule has 0 saturated heterocycles. The predicted molar refractivity (Wildman–Crippen MR) is 173 cm³/mol. The Labute approximate surface area is 275 Å². The van der Waals surface area contributed by atoms with Crippen LogP contribution >= 0.6 is 0 Å². The molecule has 3 aromatic carbocycles. The van der Waals surface area contributed by atoms with E-state index in [1.807, 2.05) is 144 Å². The van der Waals surface area contributed by atoms with Crippen LogP contribution in [0.15, 0.2) is 85.7 Å². The number of phenolic OH excluding ortho intramolecular Hbond substituents is 1. The summed E-state index contributed by atoms with van der Waals surface area (Å²) in [6.07, 6.45) is 11.7. The largest absolute Gasteiger partial charge is 0.510 e. The van der Waals surface area contributed by atoms with E-state index in [0.717, 1.165) is 22.7 Å². The van der Waals surface area contributed by atoms with Gasteiger partial charge in [0.15, 0.2) is 0 Å². The predicted octanol–water partition coefficient (Wildman–Crippen LogP) is 6.76. The van der Waals surface area contributed by atoms with E-state index < -0.39 is 0 Å². The molecule has 0 aliphatic carbocycles. The number of anilines is 4. The molecule has 0 atom stereocenters. The van der Waals surface area contributed by atoms with Gasteiger partial charge in [0.1, 0.15) is 5.75 Å². The SMILES string of the molecule is CN1C=CN(c2[c-]c(N3C=CN(C)[CH-]3)cc(C#N)c2)[CH-]1.Cc1c[c-]c(N2C=CN(c3cc(C(C)(C)C)ccc3O)[CH-]2)cc1.[Ir]. The second-order valence-electron chi connectivity index (χ2n) is 11.7. The van der Waals surface area contributed by atoms with Gasteiger partial charge in [-0.1, -0.05) is 39.3 Å². The Morgan fingerprint density at radius 2 is 1.32 bits per heavy atom. The molecule has 1 N–H and O–H groups in total. The number of aryl methyl sites for hydroxylation is 1. The fraction of sp³-hybridized carbons (Fsp3) is 0.200. The van der Waals surface area contributed by atoms with Gasteiger partial charge in [0, 0.05) is 20.1 Å². The van der Waals surface area contributed by atoms with Crippen LogP contribution < -0.4 is 19.6 Å². The molecule has 0 fully saturated rings. The van der Waals surface area contributed by atoms with Crippen molar-refractivity contribution >= 4 is 22.7 Å². The first-order valence-corrected chi connectivity index (χ1v) is 14.0. The maximum absolute atomic E-state index is 10.2. The zero-order chi connectivity index (χ0) is 30.7. The molecule has 0 spiro atoms. The minimum Gasteiger partial charge on any atom is -0.510 e. The van der Waals surface area contributed by atoms with Crippen molar-refractivity contribution in [2.75, 3.05) is 33.7 Å². The summed E-state index contributed by atoms with van der Waals surface area (Å²) >= 11 is 0. The molecule has 0 unspecified atom stereocenters. The Kier molecular flexibility index (Phi) is 9.98. The van der Waals surface area contributed by atoms with Gasteiger partial charge in [0.2, 0.25) is 0 Å². The molecular formula is C35H36IrN7O-5. The minimum atomic E-state index is 0. The molecule has 3 aromatic rings. The summed E-state index contributed by atoms with van der Waals surface area (Å²) in [4.78, 5) is 11.7. The second-order valence-corrected chi connectivity index (χ2v) is 11.7. The van der Waals surface area contributed by atoms with Crippen LogP contribution in [0.2, 0.25) is 0 Å². The maximum atomic E-state index is 10.2. The van der Waals surface area contributed by atoms with E-state index in [9.17, 15) is 10.4 Å². The number of hydrogen-bond donors (Lipinski definition) is 1. The summed E-state index contributed by atoms with van der Waals surface area (Å²) in [5.41, 5.74) is 6.46. The van der Waals surface area contributed by atoms with E-state index in [1.54, 1.807) is 6.07 Å². The number of nitriles is 1. The first-order chi connectivity index (χ1) is 20.5. The van der Waals surface area contributed by atoms with Gasteiger partial charge in [-0.05, 0) is 74.4 Å². The molecule has 3 aliphatic rings. The molecule has 0 saturated carbocycles. The van der Waals surface area contributed by atoms with Gasteiger partial charge < -0.3 is 34.5 Å². The molecule has 6 rings (SSSR count). The topological polar surface area (TPSA) is 63.5 Å². The molecule has 231 valence electrons. The van der Waals surface area contributed by atoms with E-state index in [4.69, 9.17) is 0 Å². The fourth-order valence-electron chi connectivity index (χ4n) is 4.56. The van der Waals surface area contributed by atoms with Crippen molar-refractivity contribution in [1.29, 1.82) is 5.26 Å². The van der Waals surface area contributed by atoms with Gasteiger partial charge in [-0.15, -0.1) is 48.0 Å². The van der Waals surface area contributed by atoms with Crippen LogP contribution in [0.3, 0.4) is 0 Å². The third-order valence-electron chi connectivity index (χ3n) is 7.05. The first-order valence-electron chi connectivity index (χ1n) is 14.0. The summed E-state index contributed by atoms with van der Waals surface area (Å²) in [6, 6.07) is 24.3. The Morgan fingerprint density at radius 1 is 0.750 bits per heavy atom. The molecule has 8 nitrogen and oxygen atoms in total. The number of hydrogen-bond acceptors (Lipinski definition) is 8. The molecule has 3 aliphatic heterocycles. The van der Waals surface area contributed by atoms with Gasteiger partial charge >= 0.3 is 0 Å². The van der Waals surface area contributed by atoms with Crippen LogP contribution in [0.25, 0.3) is 0 Å². The molecule has 0 aromatic heterocycles. The summed E-state index contributed by atoms with van der Waals surface area (Å²) in [5.74, 6) is 0.272. The van der Waals surface area contributed by atoms with Gasteiger partial charge in [-0.3, -0.25) is 0 Å². The van der Waals surface area contributed by atoms with Crippen molar-refractivity contribution in [3.05, 3.63) is 135 Å². The Balaban J connectivity index is 0.000000198. The van der Waals surface area contributed by atoms with E-state index >= 15 is 0 Å². The summed E-state index contributed by atoms with van der Waals surface area (Å²) < 4.78 is 0. The normalized spacial score (nSPS) is 15.5. The van der Waals surface area contributed by atoms with Crippen LogP contribution in [-0.4, -0.2) is 29.0 Å². The number of benzene rings is 3. The van der Waals surface area contributed by atoms with Crippen LogP contribution in [-0.2, 0) is 25.5 Å². The number of nitrogens with zero attached hydrogens (tertiary/aromatic N) is 7. The average molecular weight is 763 g/mol. The van der Waals surface area contributed by atoms with Crippen LogP contribution in [0.4, 0.5) is 22.7 Å². The van der Waals surface area contributed by atoms with Crippen molar-refractivity contribution in [2.24, 2.45) is 0 Å². The van der Waals surface area contributed by atoms with Crippen molar-refractivity contribution in [3.63, 3.8) is 0 Å². The Hall–Kier alpha value is -4.38. The smallest absolute Gasteiger partial charge is 0.136 e. The summed E-state index contributed by atoms with van der Waals surface area (Å²) in [5, 5.41) is 19.4. The molecule has 1 radical (unpaired) electrons. The van der Waals surface area contributed by atoms with Crippen LogP contribution in [0.1, 0.15) is 37.5 Å². The monoisotopic (exact) mass is 763 g/mol. The number of aromatic hydroxyl groups is 1. The maximum Gasteiger partial charge on any atom is 0.136 e. The van der Waals surface area contributed by atoms with Crippen molar-refractivity contribution in [2.45, 2.75) is 33.1 Å². The number of rotatable bonds is 4. The van der Waals surface area contributed by atoms with Crippen molar-refractivity contribution in [3.8, 4) is 11.8 Å². The fourth-order valence-corrected chi connectivity index (χ4v) is 4.56. The zero-order valence-corrected chi connectivity index (χ0v) is 28.1. The van der Waals surface area contributed by atoms with Gasteiger partial charge in [-0.25, -0.2) is 0 Å². The second kappa shape index (κ2) is 13.5. The summed E-state index contributed by atoms with van der Waals surface area (Å²) in [7, 11) is 3.91. The molecule has 9 heteroatoms. The quantitative estimate of drug-likeness (QED) is 0.293. The van der Waals surface area contributed by atoms with E-state index in [1.165, 1.54) is 11.1 Å². The molecule has 0 bridgehead atoms. The van der Waals surface area contributed by atoms with Crippen molar-refractivity contribution in [1.82, 2.24) is 9.80 Å². The third kappa shape index (κ3) is 7.57. The van der Waals surface area contributed by atoms with E-state index in [2.05, 4.69) is 45.0 Å². The number of phenols is 1. The molecule has 0 amide bonds. The Bertz CT molecular complexity index is 1540. The van der Waals surface area contributed by atoms with Crippen molar-refractivity contribution < 1.29 is 25.2 Å². The van der Waals surface area contributed by atoms with E-state index in [-0.39, 0.29) is 31.3 Å². The van der Waals surface area contributed by atoms with Gasteiger partial charge in [-0.2, -0.15) is 42.4 Å². The molecule has 3 heterocycles. The first kappa shape index (κ1) is 32.5. The standard InChI is InChI=1S/C20H22N2O.C15H14N5.Ir/c1-15-5-8-17(9-6-15)21-11-12-22(14-21)18-13-16(20(2,3)4)7-10-19(18)23;1-17-3-5-19(11-17)14-7-13(10-16)8-15(9-14)20-6-4-18(2)12-20;/h5-8,10-14,23H,1-4H3;3-8,11-12H,1-2H3;/q-2;-3;. The van der Waals surface area contributed by atoms with Gasteiger partial charge in [0.05, 0.1) is 11.8 Å². The minimum absolute atomic E-state index is 0. The zero-order valence-electron chi connectivity index (χ0n) is 25.7. The molecular weight excluding hydrogens is 727 g/mol. The molecule has 44 heavy (non-hydrogen) atoms. The third-order valence-corrected chi connectivity index (χ3v) is 7.05. The Morgan fingerprint density at radius 3 is 1.82 bits per heavy atom. The van der Waals surface area contributed by atoms with Crippen LogP contribution in [0.5, 0.6) is 5.75 Å². The summed E-state index contributed by atoms with van der Waals surface area (Å²) in [6.45, 7) is 14.4. The average Bonchev–Trinajstić information content (AvgIpc) is 3.75. The van der Waals surface area contributed by atoms with Gasteiger partial charge in [0.25, 0.3) is 0 Å².